The minimum atomic E-state index is -1.28. The molecule has 0 aliphatic carbocycles. The van der Waals surface area contributed by atoms with Crippen LogP contribution in [0, 0.1) is 17.2 Å². The number of carbonyl (C=O) groups excluding carboxylic acids is 1. The van der Waals surface area contributed by atoms with E-state index < -0.39 is 17.2 Å². The van der Waals surface area contributed by atoms with Crippen molar-refractivity contribution < 1.29 is 19.5 Å². The van der Waals surface area contributed by atoms with Gasteiger partial charge in [0, 0.05) is 0 Å². The van der Waals surface area contributed by atoms with Gasteiger partial charge in [0.05, 0.1) is 26.2 Å². The normalized spacial score (nSPS) is 12.0. The van der Waals surface area contributed by atoms with Gasteiger partial charge in [0.1, 0.15) is 16.9 Å². The summed E-state index contributed by atoms with van der Waals surface area (Å²) >= 11 is 0. The molecule has 0 aliphatic rings. The van der Waals surface area contributed by atoms with E-state index in [1.54, 1.807) is 68.2 Å². The number of amides is 1. The number of hydrogen-bond donors (Lipinski definition) is 2. The molecule has 0 aliphatic heterocycles. The van der Waals surface area contributed by atoms with Crippen LogP contribution in [0.4, 0.5) is 0 Å². The summed E-state index contributed by atoms with van der Waals surface area (Å²) in [6.07, 6.45) is 3.15. The number of methoxy groups -OCH3 is 2. The Hall–Kier alpha value is -3.04. The zero-order valence-corrected chi connectivity index (χ0v) is 17.1. The second-order valence-electron chi connectivity index (χ2n) is 6.90. The van der Waals surface area contributed by atoms with Gasteiger partial charge in [-0.05, 0) is 41.8 Å². The Bertz CT molecular complexity index is 778. The summed E-state index contributed by atoms with van der Waals surface area (Å²) in [5.41, 5.74) is 1.82. The number of ether oxygens (including phenoxy) is 2. The Morgan fingerprint density at radius 1 is 1.03 bits per heavy atom. The maximum absolute atomic E-state index is 12.7. The molecule has 0 saturated heterocycles. The highest BCUT2D eigenvalue weighted by Gasteiger charge is 2.46. The third-order valence-corrected chi connectivity index (χ3v) is 5.31. The van der Waals surface area contributed by atoms with Gasteiger partial charge in [0.15, 0.2) is 0 Å². The summed E-state index contributed by atoms with van der Waals surface area (Å²) in [5.74, 6) is -0.0333. The van der Waals surface area contributed by atoms with Crippen molar-refractivity contribution in [1.82, 2.24) is 5.48 Å². The molecule has 0 fully saturated rings. The van der Waals surface area contributed by atoms with E-state index in [4.69, 9.17) is 9.47 Å². The summed E-state index contributed by atoms with van der Waals surface area (Å²) in [7, 11) is 3.14. The standard InChI is InChI=1S/C23H28N2O4/c1-4-5-6-7-21(22(26)25-27)23(16-24,17-8-12-19(28-2)13-9-17)18-10-14-20(29-3)15-11-18/h8-15,21,27H,4-7H2,1-3H3,(H,25,26). The van der Waals surface area contributed by atoms with Crippen LogP contribution < -0.4 is 15.0 Å². The molecular weight excluding hydrogens is 368 g/mol. The van der Waals surface area contributed by atoms with Gasteiger partial charge in [-0.1, -0.05) is 50.5 Å². The zero-order valence-electron chi connectivity index (χ0n) is 17.1. The van der Waals surface area contributed by atoms with Crippen LogP contribution in [0.1, 0.15) is 43.7 Å². The minimum Gasteiger partial charge on any atom is -0.497 e. The molecule has 1 unspecified atom stereocenters. The van der Waals surface area contributed by atoms with E-state index in [1.165, 1.54) is 0 Å². The molecule has 2 aromatic rings. The smallest absolute Gasteiger partial charge is 0.248 e. The second kappa shape index (κ2) is 10.5. The third-order valence-electron chi connectivity index (χ3n) is 5.31. The highest BCUT2D eigenvalue weighted by Crippen LogP contribution is 2.42. The molecule has 29 heavy (non-hydrogen) atoms. The first-order chi connectivity index (χ1) is 14.1. The van der Waals surface area contributed by atoms with Crippen molar-refractivity contribution in [2.45, 2.75) is 38.0 Å². The molecule has 0 radical (unpaired) electrons. The molecule has 154 valence electrons. The van der Waals surface area contributed by atoms with Crippen LogP contribution in [0.3, 0.4) is 0 Å². The molecule has 1 amide bonds. The average molecular weight is 396 g/mol. The fourth-order valence-electron chi connectivity index (χ4n) is 3.70. The molecular formula is C23H28N2O4. The summed E-state index contributed by atoms with van der Waals surface area (Å²) < 4.78 is 10.5. The lowest BCUT2D eigenvalue weighted by atomic mass is 9.65. The fourth-order valence-corrected chi connectivity index (χ4v) is 3.70. The van der Waals surface area contributed by atoms with Gasteiger partial charge >= 0.3 is 0 Å². The molecule has 1 atom stereocenters. The zero-order chi connectivity index (χ0) is 21.3. The van der Waals surface area contributed by atoms with Crippen molar-refractivity contribution in [2.75, 3.05) is 14.2 Å². The number of benzene rings is 2. The third kappa shape index (κ3) is 4.69. The molecule has 0 bridgehead atoms. The predicted molar refractivity (Wildman–Crippen MR) is 110 cm³/mol. The van der Waals surface area contributed by atoms with E-state index >= 15 is 0 Å². The first-order valence-corrected chi connectivity index (χ1v) is 9.71. The van der Waals surface area contributed by atoms with Crippen molar-refractivity contribution in [3.05, 3.63) is 59.7 Å². The van der Waals surface area contributed by atoms with E-state index in [-0.39, 0.29) is 0 Å². The number of hydrogen-bond acceptors (Lipinski definition) is 5. The molecule has 0 aromatic heterocycles. The van der Waals surface area contributed by atoms with Gasteiger partial charge in [-0.2, -0.15) is 5.26 Å². The number of carbonyl (C=O) groups is 1. The summed E-state index contributed by atoms with van der Waals surface area (Å²) in [6, 6.07) is 16.7. The number of nitrogens with one attached hydrogen (secondary N) is 1. The van der Waals surface area contributed by atoms with E-state index in [2.05, 4.69) is 13.0 Å². The predicted octanol–water partition coefficient (Wildman–Crippen LogP) is 4.22. The van der Waals surface area contributed by atoms with Gasteiger partial charge < -0.3 is 9.47 Å². The number of nitrogens with zero attached hydrogens (tertiary/aromatic N) is 1. The lowest BCUT2D eigenvalue weighted by molar-refractivity contribution is -0.135. The van der Waals surface area contributed by atoms with Crippen molar-refractivity contribution in [3.63, 3.8) is 0 Å². The topological polar surface area (TPSA) is 91.6 Å². The Balaban J connectivity index is 2.68. The van der Waals surface area contributed by atoms with E-state index in [1.807, 2.05) is 0 Å². The van der Waals surface area contributed by atoms with Crippen molar-refractivity contribution >= 4 is 5.91 Å². The highest BCUT2D eigenvalue weighted by atomic mass is 16.5. The number of hydroxylamine groups is 1. The molecule has 6 nitrogen and oxygen atoms in total. The Kier molecular flexibility index (Phi) is 8.05. The van der Waals surface area contributed by atoms with Crippen molar-refractivity contribution in [2.24, 2.45) is 5.92 Å². The van der Waals surface area contributed by atoms with Crippen LogP contribution in [0.2, 0.25) is 0 Å². The molecule has 2 N–H and O–H groups in total. The quantitative estimate of drug-likeness (QED) is 0.356. The molecule has 0 saturated carbocycles. The van der Waals surface area contributed by atoms with Gasteiger partial charge in [-0.15, -0.1) is 0 Å². The number of nitriles is 1. The van der Waals surface area contributed by atoms with Crippen molar-refractivity contribution in [3.8, 4) is 17.6 Å². The Morgan fingerprint density at radius 3 is 1.86 bits per heavy atom. The lowest BCUT2D eigenvalue weighted by Crippen LogP contribution is -2.44. The van der Waals surface area contributed by atoms with Gasteiger partial charge in [0.2, 0.25) is 5.91 Å². The van der Waals surface area contributed by atoms with Gasteiger partial charge in [-0.25, -0.2) is 5.48 Å². The average Bonchev–Trinajstić information content (AvgIpc) is 2.79. The minimum absolute atomic E-state index is 0.464. The molecule has 0 heterocycles. The SMILES string of the molecule is CCCCCC(C(=O)NO)C(C#N)(c1ccc(OC)cc1)c1ccc(OC)cc1. The summed E-state index contributed by atoms with van der Waals surface area (Å²) in [6.45, 7) is 2.08. The maximum Gasteiger partial charge on any atom is 0.248 e. The van der Waals surface area contributed by atoms with Crippen LogP contribution in [-0.2, 0) is 10.2 Å². The van der Waals surface area contributed by atoms with Crippen LogP contribution in [0.5, 0.6) is 11.5 Å². The second-order valence-corrected chi connectivity index (χ2v) is 6.90. The summed E-state index contributed by atoms with van der Waals surface area (Å²) in [5, 5.41) is 19.9. The van der Waals surface area contributed by atoms with Crippen LogP contribution >= 0.6 is 0 Å². The van der Waals surface area contributed by atoms with E-state index in [0.29, 0.717) is 29.0 Å². The largest absolute Gasteiger partial charge is 0.497 e. The first-order valence-electron chi connectivity index (χ1n) is 9.71. The maximum atomic E-state index is 12.7. The monoisotopic (exact) mass is 396 g/mol. The van der Waals surface area contributed by atoms with Crippen LogP contribution in [0.15, 0.2) is 48.5 Å². The van der Waals surface area contributed by atoms with Crippen molar-refractivity contribution in [1.29, 1.82) is 5.26 Å². The lowest BCUT2D eigenvalue weighted by Gasteiger charge is -2.35. The molecule has 0 spiro atoms. The Morgan fingerprint density at radius 2 is 1.52 bits per heavy atom. The van der Waals surface area contributed by atoms with Gasteiger partial charge in [-0.3, -0.25) is 10.0 Å². The molecule has 6 heteroatoms. The van der Waals surface area contributed by atoms with Crippen LogP contribution in [-0.4, -0.2) is 25.3 Å². The van der Waals surface area contributed by atoms with Gasteiger partial charge in [0.25, 0.3) is 0 Å². The van der Waals surface area contributed by atoms with E-state index in [9.17, 15) is 15.3 Å². The molecule has 2 aromatic carbocycles. The van der Waals surface area contributed by atoms with Crippen LogP contribution in [0.25, 0.3) is 0 Å². The van der Waals surface area contributed by atoms with E-state index in [0.717, 1.165) is 19.3 Å². The Labute approximate surface area is 172 Å². The fraction of sp³-hybridized carbons (Fsp3) is 0.391. The number of unbranched alkanes of at least 4 members (excludes halogenated alkanes) is 2. The summed E-state index contributed by atoms with van der Waals surface area (Å²) in [4.78, 5) is 12.7. The first kappa shape index (κ1) is 22.3. The number of rotatable bonds is 10. The highest BCUT2D eigenvalue weighted by molar-refractivity contribution is 5.81. The molecule has 2 rings (SSSR count).